The van der Waals surface area contributed by atoms with Crippen molar-refractivity contribution in [2.75, 3.05) is 7.11 Å². The molecule has 0 spiro atoms. The molecule has 2 unspecified atom stereocenters. The second-order valence-electron chi connectivity index (χ2n) is 2.60. The Kier molecular flexibility index (Phi) is 2.47. The maximum atomic E-state index is 10.5. The number of aromatic hydroxyl groups is 1. The van der Waals surface area contributed by atoms with Crippen LogP contribution in [-0.2, 0) is 11.2 Å². The summed E-state index contributed by atoms with van der Waals surface area (Å²) in [5, 5.41) is 17.9. The average Bonchev–Trinajstić information content (AvgIpc) is 2.27. The number of rotatable bonds is 4. The van der Waals surface area contributed by atoms with Gasteiger partial charge in [-0.2, -0.15) is 0 Å². The van der Waals surface area contributed by atoms with Gasteiger partial charge in [0.15, 0.2) is 11.5 Å². The van der Waals surface area contributed by atoms with Crippen LogP contribution in [0.3, 0.4) is 0 Å². The Morgan fingerprint density at radius 1 is 1.64 bits per heavy atom. The van der Waals surface area contributed by atoms with Gasteiger partial charge in [0.05, 0.1) is 7.11 Å². The Morgan fingerprint density at radius 2 is 2.36 bits per heavy atom. The van der Waals surface area contributed by atoms with Gasteiger partial charge in [0.2, 0.25) is 0 Å². The highest BCUT2D eigenvalue weighted by molar-refractivity contribution is 5.67. The average molecular weight is 198 g/mol. The quantitative estimate of drug-likeness (QED) is 0.767. The third-order valence-electron chi connectivity index (χ3n) is 1.62. The van der Waals surface area contributed by atoms with Gasteiger partial charge >= 0.3 is 5.97 Å². The van der Waals surface area contributed by atoms with Gasteiger partial charge in [-0.05, 0) is 24.1 Å². The van der Waals surface area contributed by atoms with Crippen LogP contribution in [0, 0.1) is 0 Å². The summed E-state index contributed by atoms with van der Waals surface area (Å²) in [5.41, 5.74) is 0.317. The number of carboxylic acid groups (broad SMARTS) is 1. The minimum absolute atomic E-state index is 0.0877. The predicted octanol–water partition coefficient (Wildman–Crippen LogP) is 1.42. The van der Waals surface area contributed by atoms with Gasteiger partial charge in [0.1, 0.15) is 0 Å². The number of methoxy groups -OCH3 is 1. The van der Waals surface area contributed by atoms with Gasteiger partial charge in [-0.3, -0.25) is 4.79 Å². The molecule has 0 fully saturated rings. The predicted molar refractivity (Wildman–Crippen MR) is 50.6 cm³/mol. The second-order valence-corrected chi connectivity index (χ2v) is 2.60. The fraction of sp³-hybridized carbons (Fsp3) is 0.300. The van der Waals surface area contributed by atoms with Crippen molar-refractivity contribution in [3.8, 4) is 11.5 Å². The molecule has 4 nitrogen and oxygen atoms in total. The number of aliphatic carboxylic acids is 1. The lowest BCUT2D eigenvalue weighted by molar-refractivity contribution is -0.136. The first-order chi connectivity index (χ1) is 7.47. The van der Waals surface area contributed by atoms with Crippen LogP contribution in [0.5, 0.6) is 11.5 Å². The van der Waals surface area contributed by atoms with Crippen molar-refractivity contribution in [2.24, 2.45) is 0 Å². The first kappa shape index (κ1) is 7.67. The van der Waals surface area contributed by atoms with Gasteiger partial charge in [-0.25, -0.2) is 0 Å². The van der Waals surface area contributed by atoms with Crippen LogP contribution >= 0.6 is 0 Å². The molecule has 0 aromatic heterocycles. The molecule has 0 amide bonds. The van der Waals surface area contributed by atoms with Gasteiger partial charge in [0, 0.05) is 9.14 Å². The van der Waals surface area contributed by atoms with Crippen molar-refractivity contribution in [1.29, 1.82) is 0 Å². The third-order valence-corrected chi connectivity index (χ3v) is 1.62. The summed E-state index contributed by atoms with van der Waals surface area (Å²) in [7, 11) is 1.35. The summed E-state index contributed by atoms with van der Waals surface area (Å²) in [5.74, 6) is -1.28. The molecule has 0 aliphatic rings. The summed E-state index contributed by atoms with van der Waals surface area (Å²) >= 11 is 0. The summed E-state index contributed by atoms with van der Waals surface area (Å²) in [6.07, 6.45) is -2.78. The second kappa shape index (κ2) is 4.50. The molecule has 2 atom stereocenters. The van der Waals surface area contributed by atoms with Crippen LogP contribution < -0.4 is 4.74 Å². The minimum atomic E-state index is -1.56. The molecule has 76 valence electrons. The number of phenols is 1. The maximum Gasteiger partial charge on any atom is 0.303 e. The number of ether oxygens (including phenoxy) is 1. The number of aryl methyl sites for hydroxylation is 1. The molecule has 0 radical (unpaired) electrons. The number of carboxylic acids is 1. The van der Waals surface area contributed by atoms with Crippen LogP contribution in [0.2, 0.25) is 0 Å². The van der Waals surface area contributed by atoms with E-state index < -0.39 is 18.8 Å². The number of hydrogen-bond acceptors (Lipinski definition) is 3. The van der Waals surface area contributed by atoms with Crippen LogP contribution in [0.25, 0.3) is 0 Å². The third kappa shape index (κ3) is 2.65. The first-order valence-corrected chi connectivity index (χ1v) is 3.91. The molecular weight excluding hydrogens is 184 g/mol. The number of hydrogen-bond donors (Lipinski definition) is 2. The highest BCUT2D eigenvalue weighted by Gasteiger charge is 2.04. The molecule has 0 heterocycles. The van der Waals surface area contributed by atoms with Crippen molar-refractivity contribution in [2.45, 2.75) is 12.8 Å². The van der Waals surface area contributed by atoms with Crippen LogP contribution in [0.4, 0.5) is 0 Å². The minimum Gasteiger partial charge on any atom is -0.504 e. The molecule has 0 bridgehead atoms. The molecule has 0 saturated heterocycles. The Hall–Kier alpha value is -1.71. The van der Waals surface area contributed by atoms with E-state index in [4.69, 9.17) is 12.6 Å². The van der Waals surface area contributed by atoms with Crippen molar-refractivity contribution in [1.82, 2.24) is 0 Å². The van der Waals surface area contributed by atoms with E-state index in [1.54, 1.807) is 0 Å². The van der Waals surface area contributed by atoms with Crippen molar-refractivity contribution < 1.29 is 22.5 Å². The lowest BCUT2D eigenvalue weighted by Crippen LogP contribution is -1.97. The standard InChI is InChI=1S/C10H12O4/c1-14-9-6-7(2-4-8(9)11)3-5-10(12)13/h2,4,6,11H,3,5H2,1H3,(H,12,13)/i3D,5D. The monoisotopic (exact) mass is 198 g/mol. The molecule has 2 N–H and O–H groups in total. The zero-order chi connectivity index (χ0) is 12.3. The molecule has 0 aliphatic carbocycles. The van der Waals surface area contributed by atoms with E-state index >= 15 is 0 Å². The lowest BCUT2D eigenvalue weighted by atomic mass is 10.1. The fourth-order valence-electron chi connectivity index (χ4n) is 0.965. The van der Waals surface area contributed by atoms with Gasteiger partial charge in [0.25, 0.3) is 0 Å². The van der Waals surface area contributed by atoms with Gasteiger partial charge in [-0.1, -0.05) is 6.07 Å². The van der Waals surface area contributed by atoms with Gasteiger partial charge < -0.3 is 14.9 Å². The van der Waals surface area contributed by atoms with E-state index in [1.165, 1.54) is 25.3 Å². The van der Waals surface area contributed by atoms with Crippen LogP contribution in [0.15, 0.2) is 18.2 Å². The first-order valence-electron chi connectivity index (χ1n) is 5.07. The number of benzene rings is 1. The maximum absolute atomic E-state index is 10.5. The molecule has 14 heavy (non-hydrogen) atoms. The molecule has 1 aromatic carbocycles. The molecule has 0 aliphatic heterocycles. The summed E-state index contributed by atoms with van der Waals surface area (Å²) in [4.78, 5) is 10.5. The Morgan fingerprint density at radius 3 is 2.93 bits per heavy atom. The summed E-state index contributed by atoms with van der Waals surface area (Å²) < 4.78 is 19.7. The molecule has 1 aromatic rings. The molecular formula is C10H12O4. The molecule has 0 saturated carbocycles. The normalized spacial score (nSPS) is 16.4. The summed E-state index contributed by atoms with van der Waals surface area (Å²) in [6.45, 7) is 0. The van der Waals surface area contributed by atoms with E-state index in [1.807, 2.05) is 0 Å². The Labute approximate surface area is 84.6 Å². The summed E-state index contributed by atoms with van der Waals surface area (Å²) in [6, 6.07) is 4.07. The van der Waals surface area contributed by atoms with E-state index in [0.717, 1.165) is 0 Å². The smallest absolute Gasteiger partial charge is 0.303 e. The highest BCUT2D eigenvalue weighted by atomic mass is 16.5. The van der Waals surface area contributed by atoms with E-state index in [9.17, 15) is 9.90 Å². The zero-order valence-corrected chi connectivity index (χ0v) is 7.60. The van der Waals surface area contributed by atoms with E-state index in [0.29, 0.717) is 5.56 Å². The van der Waals surface area contributed by atoms with E-state index in [-0.39, 0.29) is 11.5 Å². The van der Waals surface area contributed by atoms with Crippen LogP contribution in [0.1, 0.15) is 14.7 Å². The van der Waals surface area contributed by atoms with Crippen molar-refractivity contribution in [3.63, 3.8) is 0 Å². The molecule has 1 rings (SSSR count). The highest BCUT2D eigenvalue weighted by Crippen LogP contribution is 2.26. The SMILES string of the molecule is [2H]C(C(=O)O)C([2H])c1ccc(O)c(OC)c1. The van der Waals surface area contributed by atoms with E-state index in [2.05, 4.69) is 0 Å². The zero-order valence-electron chi connectivity index (χ0n) is 9.60. The Bertz CT molecular complexity index is 394. The fourth-order valence-corrected chi connectivity index (χ4v) is 0.965. The molecule has 4 heteroatoms. The van der Waals surface area contributed by atoms with Gasteiger partial charge in [-0.15, -0.1) is 0 Å². The number of carbonyl (C=O) groups is 1. The lowest BCUT2D eigenvalue weighted by Gasteiger charge is -2.05. The topological polar surface area (TPSA) is 66.8 Å². The van der Waals surface area contributed by atoms with Crippen molar-refractivity contribution in [3.05, 3.63) is 23.8 Å². The van der Waals surface area contributed by atoms with Crippen LogP contribution in [-0.4, -0.2) is 23.3 Å². The number of phenolic OH excluding ortho intramolecular Hbond substituents is 1. The Balaban J connectivity index is 3.00. The van der Waals surface area contributed by atoms with Crippen molar-refractivity contribution >= 4 is 5.97 Å². The largest absolute Gasteiger partial charge is 0.504 e.